The fourth-order valence-electron chi connectivity index (χ4n) is 4.47. The fourth-order valence-corrected chi connectivity index (χ4v) is 4.71. The van der Waals surface area contributed by atoms with E-state index in [0.29, 0.717) is 27.4 Å². The maximum absolute atomic E-state index is 14.7. The number of halogens is 2. The summed E-state index contributed by atoms with van der Waals surface area (Å²) in [5.41, 5.74) is 4.78. The predicted molar refractivity (Wildman–Crippen MR) is 156 cm³/mol. The van der Waals surface area contributed by atoms with Crippen molar-refractivity contribution in [3.05, 3.63) is 125 Å². The molecule has 0 saturated carbocycles. The molecule has 0 unspecified atom stereocenters. The van der Waals surface area contributed by atoms with Crippen molar-refractivity contribution in [1.82, 2.24) is 9.78 Å². The van der Waals surface area contributed by atoms with Gasteiger partial charge < -0.3 is 9.64 Å². The predicted octanol–water partition coefficient (Wildman–Crippen LogP) is 7.07. The zero-order valence-corrected chi connectivity index (χ0v) is 22.6. The molecule has 0 atom stereocenters. The minimum Gasteiger partial charge on any atom is -0.466 e. The van der Waals surface area contributed by atoms with E-state index in [2.05, 4.69) is 15.9 Å². The number of carbonyl (C=O) groups is 2. The molecule has 5 rings (SSSR count). The van der Waals surface area contributed by atoms with Gasteiger partial charge in [-0.05, 0) is 76.9 Å². The molecule has 40 heavy (non-hydrogen) atoms. The second-order valence-corrected chi connectivity index (χ2v) is 9.61. The molecule has 5 aromatic rings. The standard InChI is InChI=1S/C32H25ClFN3O3/c1-36-30-12-11-23(16-26(30)19-35-36)24-9-10-25(29(33)17-24)20-37(32(39)22-6-4-3-5-7-22)28-15-21(14-27(34)18-28)8-13-31(38)40-2/h3-19H,20H2,1-2H3. The molecule has 1 heterocycles. The molecule has 0 spiro atoms. The van der Waals surface area contributed by atoms with E-state index in [1.807, 2.05) is 54.3 Å². The second kappa shape index (κ2) is 11.6. The number of nitrogens with zero attached hydrogens (tertiary/aromatic N) is 3. The molecule has 0 N–H and O–H groups in total. The van der Waals surface area contributed by atoms with Crippen molar-refractivity contribution in [3.8, 4) is 11.1 Å². The van der Waals surface area contributed by atoms with Crippen molar-refractivity contribution >= 4 is 46.1 Å². The Hall–Kier alpha value is -4.75. The van der Waals surface area contributed by atoms with Gasteiger partial charge in [0.2, 0.25) is 0 Å². The molecule has 0 fully saturated rings. The number of aryl methyl sites for hydroxylation is 1. The lowest BCUT2D eigenvalue weighted by Crippen LogP contribution is -2.30. The number of amides is 1. The number of aromatic nitrogens is 2. The topological polar surface area (TPSA) is 64.4 Å². The molecule has 1 aromatic heterocycles. The summed E-state index contributed by atoms with van der Waals surface area (Å²) in [6.45, 7) is 0.0953. The van der Waals surface area contributed by atoms with Gasteiger partial charge in [-0.1, -0.05) is 48.0 Å². The van der Waals surface area contributed by atoms with Crippen molar-refractivity contribution in [2.75, 3.05) is 12.0 Å². The van der Waals surface area contributed by atoms with Gasteiger partial charge in [0, 0.05) is 34.8 Å². The summed E-state index contributed by atoms with van der Waals surface area (Å²) < 4.78 is 21.2. The molecule has 0 aliphatic rings. The highest BCUT2D eigenvalue weighted by Gasteiger charge is 2.21. The number of anilines is 1. The minimum absolute atomic E-state index is 0.0953. The van der Waals surface area contributed by atoms with Gasteiger partial charge in [0.25, 0.3) is 5.91 Å². The first-order valence-corrected chi connectivity index (χ1v) is 12.8. The second-order valence-electron chi connectivity index (χ2n) is 9.20. The summed E-state index contributed by atoms with van der Waals surface area (Å²) in [6, 6.07) is 24.7. The first-order valence-electron chi connectivity index (χ1n) is 12.5. The van der Waals surface area contributed by atoms with Crippen LogP contribution in [0.15, 0.2) is 97.2 Å². The molecular weight excluding hydrogens is 529 g/mol. The third-order valence-corrected chi connectivity index (χ3v) is 6.91. The van der Waals surface area contributed by atoms with Crippen molar-refractivity contribution in [3.63, 3.8) is 0 Å². The molecule has 0 aliphatic carbocycles. The van der Waals surface area contributed by atoms with Crippen LogP contribution in [0.2, 0.25) is 5.02 Å². The van der Waals surface area contributed by atoms with Crippen LogP contribution in [0.25, 0.3) is 28.1 Å². The first-order chi connectivity index (χ1) is 19.3. The number of rotatable bonds is 7. The number of esters is 1. The van der Waals surface area contributed by atoms with Crippen LogP contribution >= 0.6 is 11.6 Å². The normalized spacial score (nSPS) is 11.2. The Morgan fingerprint density at radius 2 is 1.75 bits per heavy atom. The third-order valence-electron chi connectivity index (χ3n) is 6.56. The Morgan fingerprint density at radius 1 is 1.00 bits per heavy atom. The number of methoxy groups -OCH3 is 1. The molecule has 6 nitrogen and oxygen atoms in total. The molecule has 0 saturated heterocycles. The Kier molecular flexibility index (Phi) is 7.75. The average Bonchev–Trinajstić information content (AvgIpc) is 3.34. The Morgan fingerprint density at radius 3 is 2.50 bits per heavy atom. The molecule has 1 amide bonds. The summed E-state index contributed by atoms with van der Waals surface area (Å²) in [7, 11) is 3.16. The summed E-state index contributed by atoms with van der Waals surface area (Å²) in [6.07, 6.45) is 4.44. The van der Waals surface area contributed by atoms with Crippen molar-refractivity contribution in [2.45, 2.75) is 6.54 Å². The summed E-state index contributed by atoms with van der Waals surface area (Å²) in [5, 5.41) is 5.79. The van der Waals surface area contributed by atoms with Gasteiger partial charge in [0.1, 0.15) is 5.82 Å². The molecule has 0 bridgehead atoms. The van der Waals surface area contributed by atoms with Crippen molar-refractivity contribution in [1.29, 1.82) is 0 Å². The lowest BCUT2D eigenvalue weighted by atomic mass is 10.0. The van der Waals surface area contributed by atoms with E-state index in [1.54, 1.807) is 30.3 Å². The Balaban J connectivity index is 1.51. The van der Waals surface area contributed by atoms with E-state index in [0.717, 1.165) is 22.0 Å². The van der Waals surface area contributed by atoms with Crippen LogP contribution in [0.1, 0.15) is 21.5 Å². The molecule has 8 heteroatoms. The SMILES string of the molecule is COC(=O)C=Cc1cc(F)cc(N(Cc2ccc(-c3ccc4c(cnn4C)c3)cc2Cl)C(=O)c2ccccc2)c1. The first kappa shape index (κ1) is 26.8. The van der Waals surface area contributed by atoms with Gasteiger partial charge in [0.05, 0.1) is 25.4 Å². The lowest BCUT2D eigenvalue weighted by Gasteiger charge is -2.24. The Bertz CT molecular complexity index is 1750. The van der Waals surface area contributed by atoms with E-state index >= 15 is 0 Å². The highest BCUT2D eigenvalue weighted by molar-refractivity contribution is 6.31. The van der Waals surface area contributed by atoms with E-state index < -0.39 is 11.8 Å². The number of fused-ring (bicyclic) bond motifs is 1. The van der Waals surface area contributed by atoms with E-state index in [1.165, 1.54) is 36.3 Å². The zero-order valence-electron chi connectivity index (χ0n) is 21.8. The third kappa shape index (κ3) is 5.80. The van der Waals surface area contributed by atoms with Gasteiger partial charge in [-0.3, -0.25) is 9.48 Å². The highest BCUT2D eigenvalue weighted by atomic mass is 35.5. The van der Waals surface area contributed by atoms with E-state index in [4.69, 9.17) is 11.6 Å². The number of carbonyl (C=O) groups excluding carboxylic acids is 2. The van der Waals surface area contributed by atoms with Crippen LogP contribution in [-0.4, -0.2) is 28.8 Å². The number of ether oxygens (including phenoxy) is 1. The van der Waals surface area contributed by atoms with Crippen LogP contribution < -0.4 is 4.90 Å². The maximum Gasteiger partial charge on any atom is 0.330 e. The molecule has 4 aromatic carbocycles. The fraction of sp³-hybridized carbons (Fsp3) is 0.0938. The molecule has 0 aliphatic heterocycles. The smallest absolute Gasteiger partial charge is 0.330 e. The van der Waals surface area contributed by atoms with Crippen LogP contribution in [-0.2, 0) is 23.1 Å². The Labute approximate surface area is 235 Å². The van der Waals surface area contributed by atoms with Crippen molar-refractivity contribution in [2.24, 2.45) is 7.05 Å². The van der Waals surface area contributed by atoms with E-state index in [9.17, 15) is 14.0 Å². The van der Waals surface area contributed by atoms with E-state index in [-0.39, 0.29) is 12.5 Å². The quantitative estimate of drug-likeness (QED) is 0.160. The van der Waals surface area contributed by atoms with Gasteiger partial charge >= 0.3 is 5.97 Å². The number of benzene rings is 4. The zero-order chi connectivity index (χ0) is 28.2. The minimum atomic E-state index is -0.572. The van der Waals surface area contributed by atoms with Gasteiger partial charge in [-0.25, -0.2) is 9.18 Å². The summed E-state index contributed by atoms with van der Waals surface area (Å²) in [4.78, 5) is 26.7. The van der Waals surface area contributed by atoms with Crippen LogP contribution in [0.3, 0.4) is 0 Å². The maximum atomic E-state index is 14.7. The largest absolute Gasteiger partial charge is 0.466 e. The molecular formula is C32H25ClFN3O3. The van der Waals surface area contributed by atoms with Gasteiger partial charge in [-0.2, -0.15) is 5.10 Å². The number of hydrogen-bond donors (Lipinski definition) is 0. The monoisotopic (exact) mass is 553 g/mol. The van der Waals surface area contributed by atoms with Gasteiger partial charge in [0.15, 0.2) is 0 Å². The van der Waals surface area contributed by atoms with Crippen LogP contribution in [0.4, 0.5) is 10.1 Å². The lowest BCUT2D eigenvalue weighted by molar-refractivity contribution is -0.134. The van der Waals surface area contributed by atoms with Crippen LogP contribution in [0.5, 0.6) is 0 Å². The van der Waals surface area contributed by atoms with Gasteiger partial charge in [-0.15, -0.1) is 0 Å². The van der Waals surface area contributed by atoms with Crippen LogP contribution in [0, 0.1) is 5.82 Å². The van der Waals surface area contributed by atoms with Crippen molar-refractivity contribution < 1.29 is 18.7 Å². The highest BCUT2D eigenvalue weighted by Crippen LogP contribution is 2.31. The molecule has 0 radical (unpaired) electrons. The summed E-state index contributed by atoms with van der Waals surface area (Å²) >= 11 is 6.76. The number of hydrogen-bond acceptors (Lipinski definition) is 4. The summed E-state index contributed by atoms with van der Waals surface area (Å²) in [5.74, 6) is -1.45. The molecule has 200 valence electrons. The average molecular weight is 554 g/mol.